The Morgan fingerprint density at radius 1 is 1.33 bits per heavy atom. The lowest BCUT2D eigenvalue weighted by Gasteiger charge is -2.30. The second kappa shape index (κ2) is 5.10. The number of hydrogen-bond acceptors (Lipinski definition) is 4. The van der Waals surface area contributed by atoms with Crippen molar-refractivity contribution in [3.05, 3.63) is 35.4 Å². The van der Waals surface area contributed by atoms with Gasteiger partial charge in [-0.1, -0.05) is 24.3 Å². The first kappa shape index (κ1) is 14.5. The third-order valence-electron chi connectivity index (χ3n) is 4.33. The minimum absolute atomic E-state index is 0.0368. The van der Waals surface area contributed by atoms with Crippen molar-refractivity contribution in [2.24, 2.45) is 0 Å². The molecule has 3 rings (SSSR count). The molecule has 1 aromatic carbocycles. The summed E-state index contributed by atoms with van der Waals surface area (Å²) in [5.41, 5.74) is 1.77. The molecule has 2 aliphatic rings. The van der Waals surface area contributed by atoms with Gasteiger partial charge in [0.25, 0.3) is 0 Å². The molecule has 0 bridgehead atoms. The zero-order valence-electron chi connectivity index (χ0n) is 12.1. The van der Waals surface area contributed by atoms with Crippen LogP contribution in [0, 0.1) is 0 Å². The third-order valence-corrected chi connectivity index (χ3v) is 6.23. The Labute approximate surface area is 125 Å². The Morgan fingerprint density at radius 3 is 2.71 bits per heavy atom. The Kier molecular flexibility index (Phi) is 3.53. The highest BCUT2D eigenvalue weighted by atomic mass is 32.2. The Hall–Kier alpha value is -1.40. The molecule has 6 heteroatoms. The van der Waals surface area contributed by atoms with Gasteiger partial charge in [-0.2, -0.15) is 0 Å². The normalized spacial score (nSPS) is 30.6. The van der Waals surface area contributed by atoms with Crippen LogP contribution in [0.2, 0.25) is 0 Å². The van der Waals surface area contributed by atoms with Crippen LogP contribution in [0.4, 0.5) is 0 Å². The lowest BCUT2D eigenvalue weighted by molar-refractivity contribution is -0.124. The first-order chi connectivity index (χ1) is 9.87. The molecule has 2 heterocycles. The van der Waals surface area contributed by atoms with Crippen molar-refractivity contribution in [2.75, 3.05) is 11.5 Å². The average molecular weight is 308 g/mol. The SMILES string of the molecule is CC1(NC(=O)C2Cc3ccccc3CN2)CCS(=O)(=O)C1. The molecule has 2 aliphatic heterocycles. The molecule has 2 atom stereocenters. The van der Waals surface area contributed by atoms with Gasteiger partial charge < -0.3 is 10.6 Å². The van der Waals surface area contributed by atoms with Crippen LogP contribution in [0.5, 0.6) is 0 Å². The molecule has 2 N–H and O–H groups in total. The summed E-state index contributed by atoms with van der Waals surface area (Å²) in [6.45, 7) is 2.48. The van der Waals surface area contributed by atoms with Crippen molar-refractivity contribution >= 4 is 15.7 Å². The number of carbonyl (C=O) groups excluding carboxylic acids is 1. The molecular formula is C15H20N2O3S. The van der Waals surface area contributed by atoms with Crippen molar-refractivity contribution in [2.45, 2.75) is 37.9 Å². The van der Waals surface area contributed by atoms with E-state index in [-0.39, 0.29) is 23.5 Å². The number of benzene rings is 1. The number of rotatable bonds is 2. The van der Waals surface area contributed by atoms with Gasteiger partial charge in [-0.05, 0) is 30.9 Å². The topological polar surface area (TPSA) is 75.3 Å². The van der Waals surface area contributed by atoms with Crippen molar-refractivity contribution in [1.29, 1.82) is 0 Å². The quantitative estimate of drug-likeness (QED) is 0.829. The summed E-state index contributed by atoms with van der Waals surface area (Å²) in [7, 11) is -3.01. The van der Waals surface area contributed by atoms with E-state index in [1.807, 2.05) is 25.1 Å². The molecule has 114 valence electrons. The van der Waals surface area contributed by atoms with E-state index in [0.717, 1.165) is 0 Å². The molecule has 0 radical (unpaired) electrons. The molecule has 1 fully saturated rings. The van der Waals surface area contributed by atoms with Crippen molar-refractivity contribution in [3.8, 4) is 0 Å². The van der Waals surface area contributed by atoms with Crippen LogP contribution < -0.4 is 10.6 Å². The molecule has 0 aromatic heterocycles. The lowest BCUT2D eigenvalue weighted by atomic mass is 9.94. The molecule has 21 heavy (non-hydrogen) atoms. The molecule has 5 nitrogen and oxygen atoms in total. The van der Waals surface area contributed by atoms with Gasteiger partial charge in [0.2, 0.25) is 5.91 Å². The summed E-state index contributed by atoms with van der Waals surface area (Å²) in [6, 6.07) is 7.77. The zero-order valence-corrected chi connectivity index (χ0v) is 12.9. The standard InChI is InChI=1S/C15H20N2O3S/c1-15(6-7-21(19,20)10-15)17-14(18)13-8-11-4-2-3-5-12(11)9-16-13/h2-5,13,16H,6-10H2,1H3,(H,17,18). The number of fused-ring (bicyclic) bond motifs is 1. The van der Waals surface area contributed by atoms with Crippen molar-refractivity contribution in [3.63, 3.8) is 0 Å². The summed E-state index contributed by atoms with van der Waals surface area (Å²) >= 11 is 0. The first-order valence-electron chi connectivity index (χ1n) is 7.20. The van der Waals surface area contributed by atoms with E-state index in [0.29, 0.717) is 19.4 Å². The van der Waals surface area contributed by atoms with Crippen molar-refractivity contribution in [1.82, 2.24) is 10.6 Å². The van der Waals surface area contributed by atoms with Gasteiger partial charge in [0.05, 0.1) is 23.1 Å². The highest BCUT2D eigenvalue weighted by molar-refractivity contribution is 7.91. The van der Waals surface area contributed by atoms with Crippen LogP contribution in [0.15, 0.2) is 24.3 Å². The Balaban J connectivity index is 1.68. The van der Waals surface area contributed by atoms with Crippen LogP contribution in [0.3, 0.4) is 0 Å². The van der Waals surface area contributed by atoms with E-state index < -0.39 is 15.4 Å². The maximum atomic E-state index is 12.4. The Bertz CT molecular complexity index is 671. The highest BCUT2D eigenvalue weighted by Gasteiger charge is 2.40. The van der Waals surface area contributed by atoms with E-state index in [1.165, 1.54) is 11.1 Å². The number of sulfone groups is 1. The number of carbonyl (C=O) groups is 1. The molecule has 0 aliphatic carbocycles. The maximum Gasteiger partial charge on any atom is 0.237 e. The van der Waals surface area contributed by atoms with Crippen LogP contribution in [-0.4, -0.2) is 37.4 Å². The van der Waals surface area contributed by atoms with E-state index in [2.05, 4.69) is 16.7 Å². The number of amides is 1. The predicted octanol–water partition coefficient (Wildman–Crippen LogP) is 0.394. The maximum absolute atomic E-state index is 12.4. The van der Waals surface area contributed by atoms with Gasteiger partial charge in [-0.15, -0.1) is 0 Å². The summed E-state index contributed by atoms with van der Waals surface area (Å²) in [5, 5.41) is 6.16. The summed E-state index contributed by atoms with van der Waals surface area (Å²) in [4.78, 5) is 12.4. The molecule has 1 amide bonds. The second-order valence-corrected chi connectivity index (χ2v) is 8.48. The molecule has 2 unspecified atom stereocenters. The monoisotopic (exact) mass is 308 g/mol. The summed E-state index contributed by atoms with van der Waals surface area (Å²) < 4.78 is 23.2. The Morgan fingerprint density at radius 2 is 2.05 bits per heavy atom. The lowest BCUT2D eigenvalue weighted by Crippen LogP contribution is -2.55. The summed E-state index contributed by atoms with van der Waals surface area (Å²) in [6.07, 6.45) is 1.13. The van der Waals surface area contributed by atoms with Crippen LogP contribution in [0.25, 0.3) is 0 Å². The molecule has 1 aromatic rings. The number of nitrogens with one attached hydrogen (secondary N) is 2. The minimum Gasteiger partial charge on any atom is -0.349 e. The van der Waals surface area contributed by atoms with Gasteiger partial charge >= 0.3 is 0 Å². The molecule has 0 saturated carbocycles. The van der Waals surface area contributed by atoms with E-state index in [9.17, 15) is 13.2 Å². The second-order valence-electron chi connectivity index (χ2n) is 6.30. The molecule has 1 saturated heterocycles. The third kappa shape index (κ3) is 3.11. The molecule has 0 spiro atoms. The van der Waals surface area contributed by atoms with E-state index in [4.69, 9.17) is 0 Å². The first-order valence-corrected chi connectivity index (χ1v) is 9.02. The van der Waals surface area contributed by atoms with Gasteiger partial charge in [-0.25, -0.2) is 8.42 Å². The summed E-state index contributed by atoms with van der Waals surface area (Å²) in [5.74, 6) is 0.0869. The van der Waals surface area contributed by atoms with Gasteiger partial charge in [0.1, 0.15) is 0 Å². The van der Waals surface area contributed by atoms with Crippen LogP contribution >= 0.6 is 0 Å². The predicted molar refractivity (Wildman–Crippen MR) is 80.6 cm³/mol. The van der Waals surface area contributed by atoms with Gasteiger partial charge in [-0.3, -0.25) is 4.79 Å². The van der Waals surface area contributed by atoms with Gasteiger partial charge in [0.15, 0.2) is 9.84 Å². The smallest absolute Gasteiger partial charge is 0.237 e. The fourth-order valence-electron chi connectivity index (χ4n) is 3.13. The van der Waals surface area contributed by atoms with Crippen molar-refractivity contribution < 1.29 is 13.2 Å². The minimum atomic E-state index is -3.01. The average Bonchev–Trinajstić information content (AvgIpc) is 2.71. The highest BCUT2D eigenvalue weighted by Crippen LogP contribution is 2.23. The largest absolute Gasteiger partial charge is 0.349 e. The van der Waals surface area contributed by atoms with Crippen LogP contribution in [-0.2, 0) is 27.6 Å². The van der Waals surface area contributed by atoms with Crippen LogP contribution in [0.1, 0.15) is 24.5 Å². The number of hydrogen-bond donors (Lipinski definition) is 2. The fraction of sp³-hybridized carbons (Fsp3) is 0.533. The van der Waals surface area contributed by atoms with E-state index in [1.54, 1.807) is 0 Å². The molecular weight excluding hydrogens is 288 g/mol. The van der Waals surface area contributed by atoms with Gasteiger partial charge in [0, 0.05) is 6.54 Å². The fourth-order valence-corrected chi connectivity index (χ4v) is 5.23. The zero-order chi connectivity index (χ0) is 15.1. The van der Waals surface area contributed by atoms with E-state index >= 15 is 0 Å².